The van der Waals surface area contributed by atoms with E-state index in [0.29, 0.717) is 12.3 Å². The average Bonchev–Trinajstić information content (AvgIpc) is 2.15. The number of ketones is 1. The van der Waals surface area contributed by atoms with Crippen LogP contribution in [0.2, 0.25) is 0 Å². The van der Waals surface area contributed by atoms with E-state index in [9.17, 15) is 4.79 Å². The van der Waals surface area contributed by atoms with Crippen molar-refractivity contribution in [1.29, 1.82) is 0 Å². The van der Waals surface area contributed by atoms with Crippen LogP contribution in [0.4, 0.5) is 0 Å². The van der Waals surface area contributed by atoms with Crippen molar-refractivity contribution in [3.63, 3.8) is 0 Å². The fourth-order valence-electron chi connectivity index (χ4n) is 1.00. The highest BCUT2D eigenvalue weighted by Crippen LogP contribution is 2.07. The number of hydrogen-bond acceptors (Lipinski definition) is 2. The van der Waals surface area contributed by atoms with Gasteiger partial charge >= 0.3 is 0 Å². The molecule has 0 aromatic carbocycles. The van der Waals surface area contributed by atoms with Crippen LogP contribution in [0.25, 0.3) is 0 Å². The van der Waals surface area contributed by atoms with Crippen molar-refractivity contribution in [2.75, 3.05) is 6.54 Å². The van der Waals surface area contributed by atoms with Crippen LogP contribution in [0, 0.1) is 5.92 Å². The van der Waals surface area contributed by atoms with Gasteiger partial charge < -0.3 is 10.1 Å². The summed E-state index contributed by atoms with van der Waals surface area (Å²) < 4.78 is 0. The molecule has 9 heavy (non-hydrogen) atoms. The summed E-state index contributed by atoms with van der Waals surface area (Å²) in [5.41, 5.74) is 0. The normalized spacial score (nSPS) is 23.9. The van der Waals surface area contributed by atoms with Gasteiger partial charge in [0.15, 0.2) is 0 Å². The van der Waals surface area contributed by atoms with Crippen molar-refractivity contribution in [1.82, 2.24) is 5.32 Å². The summed E-state index contributed by atoms with van der Waals surface area (Å²) in [5.74, 6) is 0.718. The third-order valence-electron chi connectivity index (χ3n) is 1.42. The molecule has 0 amide bonds. The Labute approximate surface area is 54.9 Å². The Morgan fingerprint density at radius 2 is 2.67 bits per heavy atom. The van der Waals surface area contributed by atoms with E-state index in [0.717, 1.165) is 6.54 Å². The smallest absolute Gasteiger partial charge is 0.130 e. The molecular formula is C7H11NO. The van der Waals surface area contributed by atoms with Crippen molar-refractivity contribution >= 4 is 5.78 Å². The first-order valence-corrected chi connectivity index (χ1v) is 3.18. The highest BCUT2D eigenvalue weighted by molar-refractivity contribution is 5.76. The van der Waals surface area contributed by atoms with E-state index in [1.807, 2.05) is 12.3 Å². The van der Waals surface area contributed by atoms with Gasteiger partial charge in [0, 0.05) is 18.9 Å². The van der Waals surface area contributed by atoms with Crippen molar-refractivity contribution < 1.29 is 4.79 Å². The van der Waals surface area contributed by atoms with Crippen LogP contribution in [0.3, 0.4) is 0 Å². The molecule has 1 N–H and O–H groups in total. The Balaban J connectivity index is 2.28. The molecule has 0 aliphatic carbocycles. The number of rotatable bonds is 2. The molecule has 1 rings (SSSR count). The number of Topliss-reactive ketones (excluding diaryl/α,β-unsaturated/α-hetero) is 1. The summed E-state index contributed by atoms with van der Waals surface area (Å²) in [6, 6.07) is 0. The zero-order valence-corrected chi connectivity index (χ0v) is 5.55. The summed E-state index contributed by atoms with van der Waals surface area (Å²) >= 11 is 0. The molecule has 1 aliphatic rings. The summed E-state index contributed by atoms with van der Waals surface area (Å²) in [7, 11) is 0. The molecule has 2 heteroatoms. The number of carbonyl (C=O) groups is 1. The lowest BCUT2D eigenvalue weighted by atomic mass is 10.1. The second kappa shape index (κ2) is 2.67. The topological polar surface area (TPSA) is 29.1 Å². The third kappa shape index (κ3) is 1.88. The molecule has 1 heterocycles. The van der Waals surface area contributed by atoms with Crippen LogP contribution in [-0.2, 0) is 4.79 Å². The van der Waals surface area contributed by atoms with Gasteiger partial charge in [-0.3, -0.25) is 0 Å². The molecule has 0 radical (unpaired) electrons. The summed E-state index contributed by atoms with van der Waals surface area (Å²) in [6.45, 7) is 2.56. The van der Waals surface area contributed by atoms with Crippen LogP contribution in [0.15, 0.2) is 12.3 Å². The fourth-order valence-corrected chi connectivity index (χ4v) is 1.00. The van der Waals surface area contributed by atoms with Crippen LogP contribution >= 0.6 is 0 Å². The molecule has 1 atom stereocenters. The van der Waals surface area contributed by atoms with E-state index in [-0.39, 0.29) is 5.78 Å². The standard InChI is InChI=1S/C7H11NO/c1-6(9)4-7-2-3-8-5-7/h2-3,7-8H,4-5H2,1H3. The third-order valence-corrected chi connectivity index (χ3v) is 1.42. The Morgan fingerprint density at radius 1 is 1.89 bits per heavy atom. The molecule has 50 valence electrons. The lowest BCUT2D eigenvalue weighted by Gasteiger charge is -2.01. The average molecular weight is 125 g/mol. The van der Waals surface area contributed by atoms with Gasteiger partial charge in [0.2, 0.25) is 0 Å². The van der Waals surface area contributed by atoms with Gasteiger partial charge in [-0.1, -0.05) is 6.08 Å². The van der Waals surface area contributed by atoms with Crippen LogP contribution in [0.1, 0.15) is 13.3 Å². The van der Waals surface area contributed by atoms with Gasteiger partial charge in [-0.15, -0.1) is 0 Å². The largest absolute Gasteiger partial charge is 0.391 e. The Bertz CT molecular complexity index is 140. The van der Waals surface area contributed by atoms with Gasteiger partial charge in [-0.2, -0.15) is 0 Å². The van der Waals surface area contributed by atoms with E-state index in [1.54, 1.807) is 6.92 Å². The first-order valence-electron chi connectivity index (χ1n) is 3.18. The Kier molecular flexibility index (Phi) is 1.88. The van der Waals surface area contributed by atoms with Gasteiger partial charge in [0.05, 0.1) is 0 Å². The minimum atomic E-state index is 0.272. The van der Waals surface area contributed by atoms with Crippen molar-refractivity contribution in [3.05, 3.63) is 12.3 Å². The maximum atomic E-state index is 10.5. The lowest BCUT2D eigenvalue weighted by molar-refractivity contribution is -0.117. The summed E-state index contributed by atoms with van der Waals surface area (Å²) in [6.07, 6.45) is 4.64. The molecule has 0 aromatic rings. The van der Waals surface area contributed by atoms with E-state index >= 15 is 0 Å². The zero-order valence-electron chi connectivity index (χ0n) is 5.55. The first kappa shape index (κ1) is 6.33. The van der Waals surface area contributed by atoms with Gasteiger partial charge in [-0.25, -0.2) is 0 Å². The second-order valence-corrected chi connectivity index (χ2v) is 2.43. The van der Waals surface area contributed by atoms with Gasteiger partial charge in [0.25, 0.3) is 0 Å². The molecule has 0 saturated carbocycles. The minimum Gasteiger partial charge on any atom is -0.391 e. The number of hydrogen-bond donors (Lipinski definition) is 1. The van der Waals surface area contributed by atoms with Crippen molar-refractivity contribution in [3.8, 4) is 0 Å². The molecule has 0 bridgehead atoms. The summed E-state index contributed by atoms with van der Waals surface area (Å²) in [4.78, 5) is 10.5. The predicted octanol–water partition coefficient (Wildman–Crippen LogP) is 0.699. The molecule has 1 unspecified atom stereocenters. The SMILES string of the molecule is CC(=O)CC1C=CNC1. The molecular weight excluding hydrogens is 114 g/mol. The fraction of sp³-hybridized carbons (Fsp3) is 0.571. The molecule has 0 saturated heterocycles. The van der Waals surface area contributed by atoms with E-state index in [2.05, 4.69) is 5.32 Å². The molecule has 1 aliphatic heterocycles. The summed E-state index contributed by atoms with van der Waals surface area (Å²) in [5, 5.41) is 3.04. The van der Waals surface area contributed by atoms with Crippen LogP contribution in [0.5, 0.6) is 0 Å². The van der Waals surface area contributed by atoms with Crippen molar-refractivity contribution in [2.45, 2.75) is 13.3 Å². The maximum Gasteiger partial charge on any atom is 0.130 e. The Hall–Kier alpha value is -0.790. The quantitative estimate of drug-likeness (QED) is 0.588. The zero-order chi connectivity index (χ0) is 6.69. The Morgan fingerprint density at radius 3 is 3.11 bits per heavy atom. The van der Waals surface area contributed by atoms with Crippen LogP contribution < -0.4 is 5.32 Å². The maximum absolute atomic E-state index is 10.5. The van der Waals surface area contributed by atoms with E-state index < -0.39 is 0 Å². The molecule has 2 nitrogen and oxygen atoms in total. The highest BCUT2D eigenvalue weighted by Gasteiger charge is 2.09. The van der Waals surface area contributed by atoms with E-state index in [4.69, 9.17) is 0 Å². The van der Waals surface area contributed by atoms with Gasteiger partial charge in [0.1, 0.15) is 5.78 Å². The predicted molar refractivity (Wildman–Crippen MR) is 35.9 cm³/mol. The van der Waals surface area contributed by atoms with Crippen LogP contribution in [-0.4, -0.2) is 12.3 Å². The number of nitrogens with one attached hydrogen (secondary N) is 1. The molecule has 0 aromatic heterocycles. The monoisotopic (exact) mass is 125 g/mol. The highest BCUT2D eigenvalue weighted by atomic mass is 16.1. The molecule has 0 spiro atoms. The number of carbonyl (C=O) groups excluding carboxylic acids is 1. The lowest BCUT2D eigenvalue weighted by Crippen LogP contribution is -2.11. The first-order chi connectivity index (χ1) is 4.29. The van der Waals surface area contributed by atoms with E-state index in [1.165, 1.54) is 0 Å². The van der Waals surface area contributed by atoms with Gasteiger partial charge in [-0.05, 0) is 13.1 Å². The minimum absolute atomic E-state index is 0.272. The second-order valence-electron chi connectivity index (χ2n) is 2.43. The van der Waals surface area contributed by atoms with Crippen molar-refractivity contribution in [2.24, 2.45) is 5.92 Å². The molecule has 0 fully saturated rings.